The van der Waals surface area contributed by atoms with E-state index >= 15 is 0 Å². The van der Waals surface area contributed by atoms with Gasteiger partial charge in [0.1, 0.15) is 11.5 Å². The molecule has 5 N–H and O–H groups in total. The fraction of sp³-hybridized carbons (Fsp3) is 0.186. The lowest BCUT2D eigenvalue weighted by atomic mass is 9.97. The molecule has 0 radical (unpaired) electrons. The van der Waals surface area contributed by atoms with E-state index < -0.39 is 11.9 Å². The minimum atomic E-state index is -0.860. The minimum Gasteiger partial charge on any atom is -0.494 e. The average Bonchev–Trinajstić information content (AvgIpc) is 3.77. The van der Waals surface area contributed by atoms with Gasteiger partial charge in [0.25, 0.3) is 5.91 Å². The number of nitrogens with two attached hydrogens (primary N) is 2. The third kappa shape index (κ3) is 11.0. The summed E-state index contributed by atoms with van der Waals surface area (Å²) >= 11 is 15.8. The lowest BCUT2D eigenvalue weighted by Crippen LogP contribution is -2.24. The Bertz CT molecular complexity index is 2250. The summed E-state index contributed by atoms with van der Waals surface area (Å²) in [6.07, 6.45) is 1.93. The molecule has 2 heterocycles. The van der Waals surface area contributed by atoms with Crippen LogP contribution in [0.15, 0.2) is 113 Å². The maximum Gasteiger partial charge on any atom is 0.307 e. The van der Waals surface area contributed by atoms with Crippen molar-refractivity contribution in [1.29, 1.82) is 0 Å². The van der Waals surface area contributed by atoms with Gasteiger partial charge in [-0.2, -0.15) is 4.99 Å². The van der Waals surface area contributed by atoms with Crippen LogP contribution in [-0.2, 0) is 22.4 Å². The Morgan fingerprint density at radius 1 is 0.636 bits per heavy atom. The number of hydrogen-bond acceptors (Lipinski definition) is 6. The van der Waals surface area contributed by atoms with Crippen LogP contribution in [0, 0.1) is 0 Å². The van der Waals surface area contributed by atoms with Crippen LogP contribution in [-0.4, -0.2) is 36.2 Å². The highest BCUT2D eigenvalue weighted by molar-refractivity contribution is 7.14. The first-order valence-corrected chi connectivity index (χ1v) is 20.1. The summed E-state index contributed by atoms with van der Waals surface area (Å²) in [4.78, 5) is 29.4. The number of ether oxygens (including phenoxy) is 2. The number of aliphatic imine (C=N–C) groups is 1. The van der Waals surface area contributed by atoms with E-state index in [9.17, 15) is 14.7 Å². The van der Waals surface area contributed by atoms with Crippen molar-refractivity contribution in [3.8, 4) is 54.6 Å². The summed E-state index contributed by atoms with van der Waals surface area (Å²) in [6.45, 7) is 5.48. The van der Waals surface area contributed by atoms with E-state index in [2.05, 4.69) is 18.8 Å². The molecule has 0 saturated heterocycles. The smallest absolute Gasteiger partial charge is 0.307 e. The molecule has 0 aliphatic rings. The van der Waals surface area contributed by atoms with E-state index in [1.54, 1.807) is 11.3 Å². The highest BCUT2D eigenvalue weighted by Crippen LogP contribution is 2.43. The minimum absolute atomic E-state index is 0.0481. The summed E-state index contributed by atoms with van der Waals surface area (Å²) in [5.41, 5.74) is 17.9. The zero-order valence-electron chi connectivity index (χ0n) is 30.4. The van der Waals surface area contributed by atoms with Crippen molar-refractivity contribution in [2.45, 2.75) is 39.5 Å². The number of halogens is 2. The summed E-state index contributed by atoms with van der Waals surface area (Å²) in [5.74, 6) is 0.125. The Labute approximate surface area is 339 Å². The van der Waals surface area contributed by atoms with Gasteiger partial charge in [0.2, 0.25) is 0 Å². The summed E-state index contributed by atoms with van der Waals surface area (Å²) < 4.78 is 11.3. The topological polar surface area (TPSA) is 137 Å². The van der Waals surface area contributed by atoms with Gasteiger partial charge >= 0.3 is 5.97 Å². The second-order valence-corrected chi connectivity index (χ2v) is 14.9. The van der Waals surface area contributed by atoms with Crippen LogP contribution in [0.3, 0.4) is 0 Å². The first-order chi connectivity index (χ1) is 26.6. The van der Waals surface area contributed by atoms with E-state index in [1.165, 1.54) is 11.3 Å². The molecule has 2 aromatic heterocycles. The second-order valence-electron chi connectivity index (χ2n) is 12.3. The molecule has 12 heteroatoms. The predicted molar refractivity (Wildman–Crippen MR) is 228 cm³/mol. The predicted octanol–water partition coefficient (Wildman–Crippen LogP) is 11.0. The third-order valence-corrected chi connectivity index (χ3v) is 11.0. The van der Waals surface area contributed by atoms with Gasteiger partial charge < -0.3 is 26.0 Å². The Morgan fingerprint density at radius 2 is 1.05 bits per heavy atom. The molecule has 8 nitrogen and oxygen atoms in total. The van der Waals surface area contributed by atoms with Crippen LogP contribution in [0.1, 0.15) is 37.8 Å². The Balaban J connectivity index is 0.000000212. The normalized spacial score (nSPS) is 10.6. The van der Waals surface area contributed by atoms with Gasteiger partial charge in [-0.15, -0.1) is 22.7 Å². The number of guanidine groups is 1. The molecule has 0 unspecified atom stereocenters. The number of carbonyl (C=O) groups is 2. The number of amides is 1. The molecule has 0 spiro atoms. The number of aliphatic carboxylic acids is 1. The van der Waals surface area contributed by atoms with Crippen molar-refractivity contribution in [2.75, 3.05) is 13.2 Å². The first-order valence-electron chi connectivity index (χ1n) is 17.6. The number of thiophene rings is 2. The monoisotopic (exact) mass is 813 g/mol. The number of carbonyl (C=O) groups excluding carboxylic acids is 1. The molecule has 6 aromatic rings. The van der Waals surface area contributed by atoms with Crippen LogP contribution in [0.2, 0.25) is 10.0 Å². The molecule has 284 valence electrons. The van der Waals surface area contributed by atoms with Crippen molar-refractivity contribution in [2.24, 2.45) is 16.5 Å². The van der Waals surface area contributed by atoms with Gasteiger partial charge in [0.15, 0.2) is 5.96 Å². The number of nitrogens with zero attached hydrogens (tertiary/aromatic N) is 1. The SMILES string of the molecule is CCCOc1ccc(-c2scc(-c3ccccc3Cl)c2CC(=O)N=C(N)N)cc1.CCCOc1ccc(-c2scc(-c3ccccc3Cl)c2CC(=O)O)cc1. The molecular formula is C43H41Cl2N3O5S2. The molecule has 0 aliphatic carbocycles. The summed E-state index contributed by atoms with van der Waals surface area (Å²) in [7, 11) is 0. The zero-order chi connectivity index (χ0) is 39.3. The highest BCUT2D eigenvalue weighted by Gasteiger charge is 2.21. The van der Waals surface area contributed by atoms with Crippen molar-refractivity contribution in [3.63, 3.8) is 0 Å². The molecule has 0 fully saturated rings. The maximum atomic E-state index is 12.3. The number of rotatable bonds is 14. The Hall–Kier alpha value is -5.13. The Kier molecular flexibility index (Phi) is 14.9. The number of carboxylic acids is 1. The van der Waals surface area contributed by atoms with Crippen molar-refractivity contribution in [1.82, 2.24) is 0 Å². The van der Waals surface area contributed by atoms with Gasteiger partial charge in [-0.25, -0.2) is 0 Å². The van der Waals surface area contributed by atoms with Gasteiger partial charge in [0, 0.05) is 30.9 Å². The first kappa shape index (κ1) is 41.0. The van der Waals surface area contributed by atoms with E-state index in [4.69, 9.17) is 44.1 Å². The molecule has 1 amide bonds. The molecular weight excluding hydrogens is 774 g/mol. The van der Waals surface area contributed by atoms with Crippen LogP contribution >= 0.6 is 45.9 Å². The maximum absolute atomic E-state index is 12.3. The lowest BCUT2D eigenvalue weighted by Gasteiger charge is -2.09. The highest BCUT2D eigenvalue weighted by atomic mass is 35.5. The molecule has 55 heavy (non-hydrogen) atoms. The van der Waals surface area contributed by atoms with Gasteiger partial charge in [-0.1, -0.05) is 73.4 Å². The summed E-state index contributed by atoms with van der Waals surface area (Å²) in [6, 6.07) is 30.7. The molecule has 0 saturated carbocycles. The van der Waals surface area contributed by atoms with E-state index in [-0.39, 0.29) is 18.8 Å². The molecule has 0 atom stereocenters. The number of carboxylic acid groups (broad SMARTS) is 1. The van der Waals surface area contributed by atoms with Crippen LogP contribution in [0.25, 0.3) is 43.1 Å². The zero-order valence-corrected chi connectivity index (χ0v) is 33.5. The van der Waals surface area contributed by atoms with Crippen LogP contribution < -0.4 is 20.9 Å². The van der Waals surface area contributed by atoms with Gasteiger partial charge in [-0.05, 0) is 118 Å². The average molecular weight is 815 g/mol. The fourth-order valence-corrected chi connectivity index (χ4v) is 8.42. The third-order valence-electron chi connectivity index (χ3n) is 8.20. The number of benzene rings is 4. The van der Waals surface area contributed by atoms with E-state index in [0.717, 1.165) is 78.6 Å². The standard InChI is InChI=1S/C22H22ClN3O2S.C21H19ClO3S/c1-2-11-28-15-9-7-14(8-10-15)21-17(12-20(27)26-22(24)25)18(13-29-21)16-5-3-4-6-19(16)23;1-2-11-25-15-9-7-14(8-10-15)21-17(12-20(23)24)18(13-26-21)16-5-3-4-6-19(16)22/h3-10,13H,2,11-12H2,1H3,(H4,24,25,26,27);3-10,13H,2,11-12H2,1H3,(H,23,24). The van der Waals surface area contributed by atoms with Crippen molar-refractivity contribution >= 4 is 63.7 Å². The van der Waals surface area contributed by atoms with Crippen LogP contribution in [0.4, 0.5) is 0 Å². The van der Waals surface area contributed by atoms with Crippen molar-refractivity contribution < 1.29 is 24.2 Å². The molecule has 6 rings (SSSR count). The quantitative estimate of drug-likeness (QED) is 0.0735. The van der Waals surface area contributed by atoms with Crippen molar-refractivity contribution in [3.05, 3.63) is 129 Å². The molecule has 0 bridgehead atoms. The van der Waals surface area contributed by atoms with Gasteiger partial charge in [-0.3, -0.25) is 9.59 Å². The molecule has 0 aliphatic heterocycles. The number of hydrogen-bond donors (Lipinski definition) is 3. The fourth-order valence-electron chi connectivity index (χ4n) is 5.74. The van der Waals surface area contributed by atoms with E-state index in [1.807, 2.05) is 108 Å². The van der Waals surface area contributed by atoms with E-state index in [0.29, 0.717) is 23.3 Å². The van der Waals surface area contributed by atoms with Gasteiger partial charge in [0.05, 0.1) is 26.1 Å². The molecule has 4 aromatic carbocycles. The second kappa shape index (κ2) is 20.0. The summed E-state index contributed by atoms with van der Waals surface area (Å²) in [5, 5.41) is 14.6. The lowest BCUT2D eigenvalue weighted by molar-refractivity contribution is -0.136. The van der Waals surface area contributed by atoms with Crippen LogP contribution in [0.5, 0.6) is 11.5 Å². The Morgan fingerprint density at radius 3 is 1.44 bits per heavy atom. The largest absolute Gasteiger partial charge is 0.494 e.